The number of carboxylic acids is 1. The summed E-state index contributed by atoms with van der Waals surface area (Å²) in [7, 11) is 0. The number of nitrogens with one attached hydrogen (secondary N) is 2. The normalized spacial score (nSPS) is 10.2. The van der Waals surface area contributed by atoms with Crippen LogP contribution in [0.5, 0.6) is 5.75 Å². The van der Waals surface area contributed by atoms with Crippen LogP contribution in [0, 0.1) is 0 Å². The van der Waals surface area contributed by atoms with Crippen LogP contribution in [-0.4, -0.2) is 29.5 Å². The first kappa shape index (κ1) is 16.8. The number of hydrogen-bond acceptors (Lipinski definition) is 4. The summed E-state index contributed by atoms with van der Waals surface area (Å²) in [4.78, 5) is 32.6. The van der Waals surface area contributed by atoms with E-state index in [4.69, 9.17) is 33.0 Å². The average molecular weight is 333 g/mol. The minimum absolute atomic E-state index is 0.240. The lowest BCUT2D eigenvalue weighted by molar-refractivity contribution is -0.131. The van der Waals surface area contributed by atoms with Crippen molar-refractivity contribution >= 4 is 41.0 Å². The van der Waals surface area contributed by atoms with Crippen LogP contribution in [0.3, 0.4) is 0 Å². The Balaban J connectivity index is 2.37. The predicted octanol–water partition coefficient (Wildman–Crippen LogP) is 1.16. The van der Waals surface area contributed by atoms with Gasteiger partial charge < -0.3 is 9.84 Å². The second-order valence-corrected chi connectivity index (χ2v) is 4.42. The molecular weight excluding hydrogens is 323 g/mol. The topological polar surface area (TPSA) is 105 Å². The van der Waals surface area contributed by atoms with Gasteiger partial charge in [-0.2, -0.15) is 0 Å². The third kappa shape index (κ3) is 6.64. The van der Waals surface area contributed by atoms with E-state index in [2.05, 4.69) is 0 Å². The number of aliphatic carboxylic acids is 1. The number of hydrazine groups is 1. The van der Waals surface area contributed by atoms with E-state index in [0.717, 1.165) is 6.08 Å². The predicted molar refractivity (Wildman–Crippen MR) is 75.0 cm³/mol. The van der Waals surface area contributed by atoms with Crippen molar-refractivity contribution in [3.05, 3.63) is 40.4 Å². The van der Waals surface area contributed by atoms with Gasteiger partial charge in [0.1, 0.15) is 5.75 Å². The standard InChI is InChI=1S/C12H10Cl2N2O5/c13-7-1-2-9(8(14)5-7)21-6-11(18)16-15-10(17)3-4-12(19)20/h1-5H,6H2,(H,15,17)(H,16,18)(H,19,20). The van der Waals surface area contributed by atoms with Gasteiger partial charge in [-0.05, 0) is 18.2 Å². The van der Waals surface area contributed by atoms with Crippen molar-refractivity contribution in [2.75, 3.05) is 6.61 Å². The lowest BCUT2D eigenvalue weighted by Crippen LogP contribution is -2.43. The Kier molecular flexibility index (Phi) is 6.51. The van der Waals surface area contributed by atoms with Gasteiger partial charge in [-0.3, -0.25) is 20.4 Å². The molecule has 21 heavy (non-hydrogen) atoms. The number of benzene rings is 1. The number of halogens is 2. The van der Waals surface area contributed by atoms with Gasteiger partial charge in [0.15, 0.2) is 6.61 Å². The molecule has 1 aromatic carbocycles. The molecule has 0 aliphatic carbocycles. The first-order valence-electron chi connectivity index (χ1n) is 5.46. The van der Waals surface area contributed by atoms with E-state index in [1.807, 2.05) is 10.9 Å². The Hall–Kier alpha value is -2.25. The van der Waals surface area contributed by atoms with Gasteiger partial charge >= 0.3 is 5.97 Å². The highest BCUT2D eigenvalue weighted by molar-refractivity contribution is 6.35. The zero-order chi connectivity index (χ0) is 15.8. The molecule has 2 amide bonds. The van der Waals surface area contributed by atoms with Crippen LogP contribution >= 0.6 is 23.2 Å². The van der Waals surface area contributed by atoms with Crippen LogP contribution in [0.4, 0.5) is 0 Å². The third-order valence-electron chi connectivity index (χ3n) is 1.96. The fourth-order valence-corrected chi connectivity index (χ4v) is 1.55. The highest BCUT2D eigenvalue weighted by Crippen LogP contribution is 2.27. The minimum Gasteiger partial charge on any atom is -0.482 e. The van der Waals surface area contributed by atoms with Gasteiger partial charge in [-0.25, -0.2) is 4.79 Å². The van der Waals surface area contributed by atoms with Crippen LogP contribution < -0.4 is 15.6 Å². The summed E-state index contributed by atoms with van der Waals surface area (Å²) in [5.74, 6) is -2.47. The molecule has 0 saturated carbocycles. The first-order valence-corrected chi connectivity index (χ1v) is 6.21. The Labute approximate surface area is 129 Å². The van der Waals surface area contributed by atoms with Gasteiger partial charge in [-0.1, -0.05) is 23.2 Å². The number of amides is 2. The summed E-state index contributed by atoms with van der Waals surface area (Å²) >= 11 is 11.5. The van der Waals surface area contributed by atoms with Crippen LogP contribution in [0.25, 0.3) is 0 Å². The number of carboxylic acid groups (broad SMARTS) is 1. The zero-order valence-electron chi connectivity index (χ0n) is 10.4. The lowest BCUT2D eigenvalue weighted by atomic mass is 10.3. The van der Waals surface area contributed by atoms with E-state index in [0.29, 0.717) is 11.1 Å². The van der Waals surface area contributed by atoms with Crippen LogP contribution in [-0.2, 0) is 14.4 Å². The Morgan fingerprint density at radius 3 is 2.52 bits per heavy atom. The number of hydrogen-bond donors (Lipinski definition) is 3. The summed E-state index contributed by atoms with van der Waals surface area (Å²) < 4.78 is 5.12. The molecule has 0 radical (unpaired) electrons. The van der Waals surface area contributed by atoms with E-state index in [-0.39, 0.29) is 10.8 Å². The average Bonchev–Trinajstić information content (AvgIpc) is 2.41. The largest absolute Gasteiger partial charge is 0.482 e. The maximum atomic E-state index is 11.4. The Morgan fingerprint density at radius 1 is 1.19 bits per heavy atom. The summed E-state index contributed by atoms with van der Waals surface area (Å²) in [6.07, 6.45) is 1.38. The highest BCUT2D eigenvalue weighted by Gasteiger charge is 2.07. The smallest absolute Gasteiger partial charge is 0.328 e. The van der Waals surface area contributed by atoms with Gasteiger partial charge in [0.05, 0.1) is 5.02 Å². The molecule has 0 heterocycles. The van der Waals surface area contributed by atoms with Crippen LogP contribution in [0.1, 0.15) is 0 Å². The molecule has 0 fully saturated rings. The Morgan fingerprint density at radius 2 is 1.90 bits per heavy atom. The van der Waals surface area contributed by atoms with E-state index >= 15 is 0 Å². The molecule has 1 aromatic rings. The van der Waals surface area contributed by atoms with Crippen molar-refractivity contribution in [3.8, 4) is 5.75 Å². The second-order valence-electron chi connectivity index (χ2n) is 3.57. The SMILES string of the molecule is O=C(O)C=CC(=O)NNC(=O)COc1ccc(Cl)cc1Cl. The monoisotopic (exact) mass is 332 g/mol. The minimum atomic E-state index is -1.28. The van der Waals surface area contributed by atoms with E-state index < -0.39 is 24.4 Å². The fourth-order valence-electron chi connectivity index (χ4n) is 1.09. The molecule has 0 saturated heterocycles. The summed E-state index contributed by atoms with van der Waals surface area (Å²) in [6.45, 7) is -0.399. The molecule has 0 atom stereocenters. The van der Waals surface area contributed by atoms with Crippen molar-refractivity contribution in [2.24, 2.45) is 0 Å². The molecule has 3 N–H and O–H groups in total. The van der Waals surface area contributed by atoms with Crippen molar-refractivity contribution < 1.29 is 24.2 Å². The number of rotatable bonds is 5. The summed E-state index contributed by atoms with van der Waals surface area (Å²) in [6, 6.07) is 4.49. The molecule has 7 nitrogen and oxygen atoms in total. The Bertz CT molecular complexity index is 589. The molecular formula is C12H10Cl2N2O5. The molecule has 0 spiro atoms. The number of ether oxygens (including phenoxy) is 1. The van der Waals surface area contributed by atoms with Gasteiger partial charge in [0.25, 0.3) is 11.8 Å². The van der Waals surface area contributed by atoms with Crippen molar-refractivity contribution in [2.45, 2.75) is 0 Å². The molecule has 0 aromatic heterocycles. The van der Waals surface area contributed by atoms with Crippen molar-refractivity contribution in [1.82, 2.24) is 10.9 Å². The highest BCUT2D eigenvalue weighted by atomic mass is 35.5. The first-order chi connectivity index (χ1) is 9.88. The van der Waals surface area contributed by atoms with E-state index in [9.17, 15) is 14.4 Å². The van der Waals surface area contributed by atoms with E-state index in [1.54, 1.807) is 6.07 Å². The molecule has 0 unspecified atom stereocenters. The quantitative estimate of drug-likeness (QED) is 0.554. The summed E-state index contributed by atoms with van der Waals surface area (Å²) in [5, 5.41) is 8.96. The van der Waals surface area contributed by atoms with Crippen molar-refractivity contribution in [3.63, 3.8) is 0 Å². The molecule has 1 rings (SSSR count). The maximum Gasteiger partial charge on any atom is 0.328 e. The third-order valence-corrected chi connectivity index (χ3v) is 2.49. The number of carbonyl (C=O) groups excluding carboxylic acids is 2. The molecule has 9 heteroatoms. The lowest BCUT2D eigenvalue weighted by Gasteiger charge is -2.08. The molecule has 0 bridgehead atoms. The van der Waals surface area contributed by atoms with E-state index in [1.165, 1.54) is 12.1 Å². The molecule has 112 valence electrons. The summed E-state index contributed by atoms with van der Waals surface area (Å²) in [5.41, 5.74) is 4.01. The number of carbonyl (C=O) groups is 3. The van der Waals surface area contributed by atoms with Crippen LogP contribution in [0.2, 0.25) is 10.0 Å². The van der Waals surface area contributed by atoms with Gasteiger partial charge in [0.2, 0.25) is 0 Å². The maximum absolute atomic E-state index is 11.4. The van der Waals surface area contributed by atoms with Gasteiger partial charge in [0, 0.05) is 17.2 Å². The molecule has 0 aliphatic rings. The van der Waals surface area contributed by atoms with Crippen LogP contribution in [0.15, 0.2) is 30.4 Å². The second kappa shape index (κ2) is 8.13. The van der Waals surface area contributed by atoms with Gasteiger partial charge in [-0.15, -0.1) is 0 Å². The molecule has 0 aliphatic heterocycles. The van der Waals surface area contributed by atoms with Crippen molar-refractivity contribution in [1.29, 1.82) is 0 Å². The fraction of sp³-hybridized carbons (Fsp3) is 0.0833. The zero-order valence-corrected chi connectivity index (χ0v) is 11.9.